The van der Waals surface area contributed by atoms with Crippen molar-refractivity contribution < 1.29 is 0 Å². The predicted octanol–water partition coefficient (Wildman–Crippen LogP) is 2.21. The van der Waals surface area contributed by atoms with Crippen molar-refractivity contribution in [3.05, 3.63) is 66.6 Å². The van der Waals surface area contributed by atoms with Crippen molar-refractivity contribution in [3.8, 4) is 0 Å². The Morgan fingerprint density at radius 3 is 2.35 bits per heavy atom. The van der Waals surface area contributed by atoms with Gasteiger partial charge in [-0.25, -0.2) is 9.97 Å². The van der Waals surface area contributed by atoms with Crippen molar-refractivity contribution in [2.45, 2.75) is 6.54 Å². The fourth-order valence-electron chi connectivity index (χ4n) is 3.03. The zero-order valence-corrected chi connectivity index (χ0v) is 14.5. The van der Waals surface area contributed by atoms with Gasteiger partial charge in [0.25, 0.3) is 0 Å². The topological polar surface area (TPSA) is 70.1 Å². The molecular weight excluding hydrogens is 326 g/mol. The molecule has 1 saturated heterocycles. The van der Waals surface area contributed by atoms with E-state index in [-0.39, 0.29) is 0 Å². The van der Waals surface area contributed by atoms with Gasteiger partial charge in [0.2, 0.25) is 0 Å². The van der Waals surface area contributed by atoms with E-state index in [1.165, 1.54) is 5.56 Å². The number of aromatic nitrogens is 4. The smallest absolute Gasteiger partial charge is 0.151 e. The maximum absolute atomic E-state index is 4.44. The molecule has 0 spiro atoms. The zero-order chi connectivity index (χ0) is 17.6. The molecule has 0 atom stereocenters. The number of hydrogen-bond donors (Lipinski definition) is 1. The summed E-state index contributed by atoms with van der Waals surface area (Å²) in [6, 6.07) is 16.2. The van der Waals surface area contributed by atoms with Gasteiger partial charge in [-0.05, 0) is 17.7 Å². The Kier molecular flexibility index (Phi) is 4.86. The lowest BCUT2D eigenvalue weighted by Crippen LogP contribution is -2.47. The minimum absolute atomic E-state index is 0.748. The Hall–Kier alpha value is -3.22. The van der Waals surface area contributed by atoms with Crippen molar-refractivity contribution in [2.24, 2.45) is 0 Å². The second-order valence-corrected chi connectivity index (χ2v) is 6.16. The van der Waals surface area contributed by atoms with Crippen molar-refractivity contribution >= 4 is 17.5 Å². The first-order valence-electron chi connectivity index (χ1n) is 8.76. The number of anilines is 3. The van der Waals surface area contributed by atoms with Crippen LogP contribution in [-0.2, 0) is 6.54 Å². The van der Waals surface area contributed by atoms with E-state index in [1.54, 1.807) is 12.5 Å². The van der Waals surface area contributed by atoms with Gasteiger partial charge >= 0.3 is 0 Å². The highest BCUT2D eigenvalue weighted by molar-refractivity contribution is 5.50. The molecule has 26 heavy (non-hydrogen) atoms. The van der Waals surface area contributed by atoms with Gasteiger partial charge in [-0.2, -0.15) is 5.10 Å². The van der Waals surface area contributed by atoms with Crippen LogP contribution in [0, 0.1) is 0 Å². The van der Waals surface area contributed by atoms with Crippen LogP contribution in [0.15, 0.2) is 61.1 Å². The minimum Gasteiger partial charge on any atom is -0.366 e. The average molecular weight is 347 g/mol. The highest BCUT2D eigenvalue weighted by Crippen LogP contribution is 2.19. The van der Waals surface area contributed by atoms with Crippen LogP contribution < -0.4 is 15.1 Å². The molecule has 1 N–H and O–H groups in total. The highest BCUT2D eigenvalue weighted by atomic mass is 15.3. The van der Waals surface area contributed by atoms with Crippen molar-refractivity contribution in [2.75, 3.05) is 41.3 Å². The predicted molar refractivity (Wildman–Crippen MR) is 102 cm³/mol. The van der Waals surface area contributed by atoms with E-state index in [4.69, 9.17) is 0 Å². The summed E-state index contributed by atoms with van der Waals surface area (Å²) in [7, 11) is 0. The van der Waals surface area contributed by atoms with Gasteiger partial charge in [0, 0.05) is 45.0 Å². The van der Waals surface area contributed by atoms with E-state index >= 15 is 0 Å². The molecule has 0 aliphatic carbocycles. The van der Waals surface area contributed by atoms with Crippen LogP contribution in [-0.4, -0.2) is 46.3 Å². The van der Waals surface area contributed by atoms with Gasteiger partial charge < -0.3 is 15.1 Å². The van der Waals surface area contributed by atoms with E-state index in [0.29, 0.717) is 0 Å². The van der Waals surface area contributed by atoms with Gasteiger partial charge in [-0.3, -0.25) is 0 Å². The summed E-state index contributed by atoms with van der Waals surface area (Å²) >= 11 is 0. The molecule has 0 amide bonds. The first kappa shape index (κ1) is 16.3. The van der Waals surface area contributed by atoms with Gasteiger partial charge in [0.15, 0.2) is 5.82 Å². The summed E-state index contributed by atoms with van der Waals surface area (Å²) in [5.41, 5.74) is 1.23. The maximum Gasteiger partial charge on any atom is 0.151 e. The molecule has 1 aliphatic rings. The molecule has 1 fully saturated rings. The third kappa shape index (κ3) is 3.88. The van der Waals surface area contributed by atoms with Gasteiger partial charge in [-0.1, -0.05) is 30.3 Å². The Balaban J connectivity index is 1.36. The zero-order valence-electron chi connectivity index (χ0n) is 14.5. The second-order valence-electron chi connectivity index (χ2n) is 6.16. The van der Waals surface area contributed by atoms with Gasteiger partial charge in [0.05, 0.1) is 0 Å². The van der Waals surface area contributed by atoms with Crippen LogP contribution in [0.2, 0.25) is 0 Å². The highest BCUT2D eigenvalue weighted by Gasteiger charge is 2.19. The van der Waals surface area contributed by atoms with Crippen LogP contribution >= 0.6 is 0 Å². The number of piperazine rings is 1. The lowest BCUT2D eigenvalue weighted by atomic mass is 10.2. The van der Waals surface area contributed by atoms with E-state index in [0.717, 1.165) is 50.2 Å². The number of nitrogens with one attached hydrogen (secondary N) is 1. The Labute approximate surface area is 152 Å². The van der Waals surface area contributed by atoms with E-state index in [9.17, 15) is 0 Å². The molecule has 7 nitrogen and oxygen atoms in total. The Morgan fingerprint density at radius 2 is 1.62 bits per heavy atom. The summed E-state index contributed by atoms with van der Waals surface area (Å²) < 4.78 is 0. The van der Waals surface area contributed by atoms with Crippen LogP contribution in [0.1, 0.15) is 5.56 Å². The maximum atomic E-state index is 4.44. The minimum atomic E-state index is 0.748. The van der Waals surface area contributed by atoms with Crippen LogP contribution in [0.4, 0.5) is 17.5 Å². The van der Waals surface area contributed by atoms with Crippen molar-refractivity contribution in [1.82, 2.24) is 20.2 Å². The van der Waals surface area contributed by atoms with E-state index in [2.05, 4.69) is 47.4 Å². The summed E-state index contributed by atoms with van der Waals surface area (Å²) in [5, 5.41) is 11.5. The Bertz CT molecular complexity index is 818. The third-order valence-electron chi connectivity index (χ3n) is 4.45. The summed E-state index contributed by atoms with van der Waals surface area (Å²) in [5.74, 6) is 2.73. The second kappa shape index (κ2) is 7.77. The number of rotatable bonds is 5. The molecule has 4 rings (SSSR count). The normalized spacial score (nSPS) is 14.3. The summed E-state index contributed by atoms with van der Waals surface area (Å²) in [6.45, 7) is 4.33. The van der Waals surface area contributed by atoms with Crippen LogP contribution in [0.3, 0.4) is 0 Å². The van der Waals surface area contributed by atoms with Crippen molar-refractivity contribution in [1.29, 1.82) is 0 Å². The molecule has 3 aromatic rings. The molecule has 0 bridgehead atoms. The average Bonchev–Trinajstić information content (AvgIpc) is 2.74. The molecule has 0 unspecified atom stereocenters. The largest absolute Gasteiger partial charge is 0.366 e. The monoisotopic (exact) mass is 347 g/mol. The molecular formula is C19H21N7. The number of nitrogens with zero attached hydrogens (tertiary/aromatic N) is 6. The summed E-state index contributed by atoms with van der Waals surface area (Å²) in [6.07, 6.45) is 3.32. The number of benzene rings is 1. The van der Waals surface area contributed by atoms with E-state index in [1.807, 2.05) is 36.4 Å². The molecule has 2 aromatic heterocycles. The number of hydrogen-bond acceptors (Lipinski definition) is 7. The lowest BCUT2D eigenvalue weighted by molar-refractivity contribution is 0.637. The summed E-state index contributed by atoms with van der Waals surface area (Å²) in [4.78, 5) is 13.3. The van der Waals surface area contributed by atoms with Gasteiger partial charge in [-0.15, -0.1) is 5.10 Å². The third-order valence-corrected chi connectivity index (χ3v) is 4.45. The lowest BCUT2D eigenvalue weighted by Gasteiger charge is -2.35. The molecule has 1 aromatic carbocycles. The standard InChI is InChI=1S/C19H21N7/c1-2-5-16(6-3-1)14-20-17-13-19(22-15-21-17)26-11-9-25(10-12-26)18-7-4-8-23-24-18/h1-8,13,15H,9-12,14H2,(H,20,21,22). The quantitative estimate of drug-likeness (QED) is 0.759. The van der Waals surface area contributed by atoms with Crippen LogP contribution in [0.5, 0.6) is 0 Å². The fraction of sp³-hybridized carbons (Fsp3) is 0.263. The molecule has 1 aliphatic heterocycles. The molecule has 3 heterocycles. The SMILES string of the molecule is c1ccc(CNc2cc(N3CCN(c4cccnn4)CC3)ncn2)cc1. The molecule has 0 radical (unpaired) electrons. The molecule has 0 saturated carbocycles. The molecule has 7 heteroatoms. The van der Waals surface area contributed by atoms with Crippen molar-refractivity contribution in [3.63, 3.8) is 0 Å². The fourth-order valence-corrected chi connectivity index (χ4v) is 3.03. The van der Waals surface area contributed by atoms with E-state index < -0.39 is 0 Å². The van der Waals surface area contributed by atoms with Gasteiger partial charge in [0.1, 0.15) is 18.0 Å². The Morgan fingerprint density at radius 1 is 0.846 bits per heavy atom. The van der Waals surface area contributed by atoms with Crippen LogP contribution in [0.25, 0.3) is 0 Å². The first-order chi connectivity index (χ1) is 12.9. The first-order valence-corrected chi connectivity index (χ1v) is 8.76. The molecule has 132 valence electrons.